The van der Waals surface area contributed by atoms with E-state index >= 15 is 0 Å². The zero-order valence-electron chi connectivity index (χ0n) is 13.9. The highest BCUT2D eigenvalue weighted by Gasteiger charge is 2.35. The maximum Gasteiger partial charge on any atom is 0.293 e. The van der Waals surface area contributed by atoms with Gasteiger partial charge in [-0.05, 0) is 41.6 Å². The summed E-state index contributed by atoms with van der Waals surface area (Å²) in [5.74, 6) is -0.229. The second-order valence-electron chi connectivity index (χ2n) is 5.53. The Balaban J connectivity index is 1.79. The van der Waals surface area contributed by atoms with Crippen molar-refractivity contribution in [1.29, 1.82) is 0 Å². The van der Waals surface area contributed by atoms with E-state index in [-0.39, 0.29) is 6.54 Å². The number of benzene rings is 2. The second-order valence-corrected chi connectivity index (χ2v) is 6.52. The predicted octanol–water partition coefficient (Wildman–Crippen LogP) is 4.63. The molecule has 1 aliphatic rings. The average molecular weight is 369 g/mol. The van der Waals surface area contributed by atoms with Gasteiger partial charge in [-0.2, -0.15) is 0 Å². The number of hydrogen-bond donors (Lipinski definition) is 0. The molecule has 3 rings (SSSR count). The molecule has 6 heteroatoms. The molecule has 2 aromatic rings. The van der Waals surface area contributed by atoms with Crippen LogP contribution >= 0.6 is 11.8 Å². The number of hydrogen-bond acceptors (Lipinski definition) is 4. The van der Waals surface area contributed by atoms with Gasteiger partial charge in [-0.3, -0.25) is 14.5 Å². The van der Waals surface area contributed by atoms with E-state index in [4.69, 9.17) is 4.74 Å². The van der Waals surface area contributed by atoms with E-state index in [1.807, 2.05) is 6.07 Å². The lowest BCUT2D eigenvalue weighted by Gasteiger charge is -2.12. The molecule has 0 saturated carbocycles. The maximum atomic E-state index is 13.8. The minimum absolute atomic E-state index is 0.0861. The van der Waals surface area contributed by atoms with Gasteiger partial charge in [0.15, 0.2) is 0 Å². The molecule has 1 saturated heterocycles. The molecular formula is C20H16FNO3S. The van der Waals surface area contributed by atoms with Gasteiger partial charge in [-0.25, -0.2) is 4.39 Å². The van der Waals surface area contributed by atoms with Crippen LogP contribution in [0.15, 0.2) is 66.1 Å². The first-order valence-electron chi connectivity index (χ1n) is 7.91. The molecule has 1 heterocycles. The number of nitrogens with zero attached hydrogens (tertiary/aromatic N) is 1. The normalized spacial score (nSPS) is 15.6. The molecule has 2 amide bonds. The molecule has 2 aromatic carbocycles. The summed E-state index contributed by atoms with van der Waals surface area (Å²) in [6.07, 6.45) is 3.27. The molecule has 1 aliphatic heterocycles. The first kappa shape index (κ1) is 17.9. The Bertz CT molecular complexity index is 894. The minimum atomic E-state index is -0.442. The van der Waals surface area contributed by atoms with Gasteiger partial charge in [0.25, 0.3) is 11.1 Å². The topological polar surface area (TPSA) is 46.6 Å². The monoisotopic (exact) mass is 369 g/mol. The van der Waals surface area contributed by atoms with Crippen molar-refractivity contribution in [2.75, 3.05) is 6.61 Å². The van der Waals surface area contributed by atoms with Crippen LogP contribution < -0.4 is 4.74 Å². The van der Waals surface area contributed by atoms with Crippen LogP contribution in [0.5, 0.6) is 5.75 Å². The van der Waals surface area contributed by atoms with Crippen LogP contribution in [0.3, 0.4) is 0 Å². The number of amides is 2. The van der Waals surface area contributed by atoms with Gasteiger partial charge >= 0.3 is 0 Å². The van der Waals surface area contributed by atoms with Crippen LogP contribution in [0.4, 0.5) is 9.18 Å². The number of thioether (sulfide) groups is 1. The van der Waals surface area contributed by atoms with Crippen molar-refractivity contribution in [2.24, 2.45) is 0 Å². The standard InChI is InChI=1S/C20H16FNO3S/c1-2-10-25-16-8-5-6-14(11-16)12-18-19(23)22(20(24)26-18)13-15-7-3-4-9-17(15)21/h2-9,11-12H,1,10,13H2/b18-12+. The van der Waals surface area contributed by atoms with Gasteiger partial charge in [-0.15, -0.1) is 0 Å². The molecule has 0 aromatic heterocycles. The van der Waals surface area contributed by atoms with Crippen LogP contribution in [0.1, 0.15) is 11.1 Å². The summed E-state index contributed by atoms with van der Waals surface area (Å²) < 4.78 is 19.3. The number of imide groups is 1. The van der Waals surface area contributed by atoms with Crippen LogP contribution in [0.2, 0.25) is 0 Å². The average Bonchev–Trinajstić information content (AvgIpc) is 2.89. The van der Waals surface area contributed by atoms with Crippen molar-refractivity contribution in [3.8, 4) is 5.75 Å². The third-order valence-electron chi connectivity index (χ3n) is 3.68. The number of rotatable bonds is 6. The molecule has 0 spiro atoms. The number of halogens is 1. The summed E-state index contributed by atoms with van der Waals surface area (Å²) in [4.78, 5) is 26.1. The quantitative estimate of drug-likeness (QED) is 0.550. The van der Waals surface area contributed by atoms with E-state index in [1.54, 1.807) is 48.6 Å². The summed E-state index contributed by atoms with van der Waals surface area (Å²) in [5, 5.41) is -0.413. The Morgan fingerprint density at radius 1 is 1.15 bits per heavy atom. The van der Waals surface area contributed by atoms with E-state index in [9.17, 15) is 14.0 Å². The van der Waals surface area contributed by atoms with Gasteiger partial charge < -0.3 is 4.74 Å². The fraction of sp³-hybridized carbons (Fsp3) is 0.100. The first-order valence-corrected chi connectivity index (χ1v) is 8.72. The zero-order valence-corrected chi connectivity index (χ0v) is 14.7. The lowest BCUT2D eigenvalue weighted by atomic mass is 10.2. The molecule has 0 atom stereocenters. The highest BCUT2D eigenvalue weighted by atomic mass is 32.2. The maximum absolute atomic E-state index is 13.8. The van der Waals surface area contributed by atoms with Crippen LogP contribution in [0.25, 0.3) is 6.08 Å². The molecule has 0 bridgehead atoms. The fourth-order valence-electron chi connectivity index (χ4n) is 2.43. The Morgan fingerprint density at radius 2 is 1.96 bits per heavy atom. The van der Waals surface area contributed by atoms with Crippen molar-refractivity contribution in [3.05, 3.63) is 83.0 Å². The molecule has 26 heavy (non-hydrogen) atoms. The Hall–Kier alpha value is -2.86. The fourth-order valence-corrected chi connectivity index (χ4v) is 3.27. The summed E-state index contributed by atoms with van der Waals surface area (Å²) in [7, 11) is 0. The molecule has 0 aliphatic carbocycles. The third-order valence-corrected chi connectivity index (χ3v) is 4.59. The smallest absolute Gasteiger partial charge is 0.293 e. The van der Waals surface area contributed by atoms with E-state index in [0.29, 0.717) is 22.8 Å². The lowest BCUT2D eigenvalue weighted by molar-refractivity contribution is -0.123. The van der Waals surface area contributed by atoms with Crippen LogP contribution in [-0.4, -0.2) is 22.7 Å². The SMILES string of the molecule is C=CCOc1cccc(/C=C2/SC(=O)N(Cc3ccccc3F)C2=O)c1. The summed E-state index contributed by atoms with van der Waals surface area (Å²) in [6, 6.07) is 13.3. The highest BCUT2D eigenvalue weighted by Crippen LogP contribution is 2.33. The van der Waals surface area contributed by atoms with Gasteiger partial charge in [0, 0.05) is 5.56 Å². The van der Waals surface area contributed by atoms with E-state index in [2.05, 4.69) is 6.58 Å². The summed E-state index contributed by atoms with van der Waals surface area (Å²) in [5.41, 5.74) is 1.04. The number of ether oxygens (including phenoxy) is 1. The molecule has 0 N–H and O–H groups in total. The van der Waals surface area contributed by atoms with E-state index in [0.717, 1.165) is 22.2 Å². The third kappa shape index (κ3) is 4.03. The van der Waals surface area contributed by atoms with Crippen molar-refractivity contribution >= 4 is 29.0 Å². The van der Waals surface area contributed by atoms with Gasteiger partial charge in [0.05, 0.1) is 11.4 Å². The Kier molecular flexibility index (Phi) is 5.53. The van der Waals surface area contributed by atoms with Crippen LogP contribution in [0, 0.1) is 5.82 Å². The highest BCUT2D eigenvalue weighted by molar-refractivity contribution is 8.18. The molecule has 132 valence electrons. The number of carbonyl (C=O) groups is 2. The first-order chi connectivity index (χ1) is 12.6. The molecule has 4 nitrogen and oxygen atoms in total. The molecule has 0 radical (unpaired) electrons. The van der Waals surface area contributed by atoms with Gasteiger partial charge in [0.1, 0.15) is 18.2 Å². The summed E-state index contributed by atoms with van der Waals surface area (Å²) in [6.45, 7) is 3.89. The van der Waals surface area contributed by atoms with E-state index < -0.39 is 17.0 Å². The summed E-state index contributed by atoms with van der Waals surface area (Å²) >= 11 is 0.845. The van der Waals surface area contributed by atoms with Crippen molar-refractivity contribution in [2.45, 2.75) is 6.54 Å². The zero-order chi connectivity index (χ0) is 18.5. The van der Waals surface area contributed by atoms with Crippen molar-refractivity contribution in [1.82, 2.24) is 4.90 Å². The Morgan fingerprint density at radius 3 is 2.73 bits per heavy atom. The second kappa shape index (κ2) is 8.01. The lowest BCUT2D eigenvalue weighted by Crippen LogP contribution is -2.27. The Labute approximate surface area is 155 Å². The van der Waals surface area contributed by atoms with Crippen molar-refractivity contribution < 1.29 is 18.7 Å². The van der Waals surface area contributed by atoms with Crippen molar-refractivity contribution in [3.63, 3.8) is 0 Å². The van der Waals surface area contributed by atoms with Gasteiger partial charge in [0.2, 0.25) is 0 Å². The van der Waals surface area contributed by atoms with Gasteiger partial charge in [-0.1, -0.05) is 43.0 Å². The molecule has 1 fully saturated rings. The van der Waals surface area contributed by atoms with E-state index in [1.165, 1.54) is 6.07 Å². The number of carbonyl (C=O) groups excluding carboxylic acids is 2. The molecule has 0 unspecified atom stereocenters. The predicted molar refractivity (Wildman–Crippen MR) is 100 cm³/mol. The molecular weight excluding hydrogens is 353 g/mol. The minimum Gasteiger partial charge on any atom is -0.490 e. The largest absolute Gasteiger partial charge is 0.490 e. The van der Waals surface area contributed by atoms with Crippen LogP contribution in [-0.2, 0) is 11.3 Å².